The molecule has 2 amide bonds. The van der Waals surface area contributed by atoms with Gasteiger partial charge in [-0.3, -0.25) is 9.59 Å². The first kappa shape index (κ1) is 25.3. The molecule has 0 aliphatic rings. The smallest absolute Gasteiger partial charge is 0.259 e. The first-order chi connectivity index (χ1) is 16.3. The summed E-state index contributed by atoms with van der Waals surface area (Å²) in [6.07, 6.45) is 2.27. The zero-order valence-electron chi connectivity index (χ0n) is 20.1. The van der Waals surface area contributed by atoms with E-state index in [1.807, 2.05) is 70.2 Å². The molecule has 0 saturated carbocycles. The minimum absolute atomic E-state index is 0.167. The average Bonchev–Trinajstić information content (AvgIpc) is 3.24. The summed E-state index contributed by atoms with van der Waals surface area (Å²) in [5, 5.41) is 8.03. The number of amides is 2. The van der Waals surface area contributed by atoms with Crippen molar-refractivity contribution in [3.63, 3.8) is 0 Å². The minimum atomic E-state index is -0.210. The van der Waals surface area contributed by atoms with Crippen LogP contribution in [0.3, 0.4) is 0 Å². The summed E-state index contributed by atoms with van der Waals surface area (Å²) in [5.41, 5.74) is 3.03. The molecule has 0 spiro atoms. The fourth-order valence-electron chi connectivity index (χ4n) is 3.68. The molecule has 0 aliphatic heterocycles. The Labute approximate surface area is 205 Å². The number of nitrogens with one attached hydrogen (secondary N) is 1. The van der Waals surface area contributed by atoms with E-state index in [-0.39, 0.29) is 18.2 Å². The number of ether oxygens (including phenoxy) is 1. The molecule has 2 aromatic carbocycles. The molecule has 0 atom stereocenters. The lowest BCUT2D eigenvalue weighted by molar-refractivity contribution is -0.116. The van der Waals surface area contributed by atoms with Gasteiger partial charge in [0.05, 0.1) is 18.5 Å². The second-order valence-electron chi connectivity index (χ2n) is 8.00. The monoisotopic (exact) mass is 482 g/mol. The van der Waals surface area contributed by atoms with Crippen LogP contribution in [-0.2, 0) is 4.79 Å². The van der Waals surface area contributed by atoms with Crippen molar-refractivity contribution < 1.29 is 14.3 Å². The number of nitrogens with zero attached hydrogens (tertiary/aromatic N) is 3. The number of hydrogen-bond donors (Lipinski definition) is 1. The summed E-state index contributed by atoms with van der Waals surface area (Å²) in [7, 11) is 0. The topological polar surface area (TPSA) is 76.5 Å². The van der Waals surface area contributed by atoms with Crippen LogP contribution in [0.5, 0.6) is 5.75 Å². The lowest BCUT2D eigenvalue weighted by Crippen LogP contribution is -2.31. The number of aromatic nitrogens is 2. The lowest BCUT2D eigenvalue weighted by Gasteiger charge is -2.19. The second kappa shape index (κ2) is 11.7. The van der Waals surface area contributed by atoms with Crippen LogP contribution in [0.4, 0.5) is 5.82 Å². The minimum Gasteiger partial charge on any atom is -0.494 e. The number of anilines is 1. The molecule has 0 bridgehead atoms. The van der Waals surface area contributed by atoms with E-state index in [9.17, 15) is 9.59 Å². The Morgan fingerprint density at radius 3 is 2.35 bits per heavy atom. The number of aryl methyl sites for hydroxylation is 2. The highest BCUT2D eigenvalue weighted by atomic mass is 35.5. The van der Waals surface area contributed by atoms with E-state index in [1.165, 1.54) is 6.20 Å². The van der Waals surface area contributed by atoms with Gasteiger partial charge in [0.1, 0.15) is 17.1 Å². The maximum atomic E-state index is 13.0. The van der Waals surface area contributed by atoms with Crippen molar-refractivity contribution in [1.29, 1.82) is 0 Å². The molecule has 3 rings (SSSR count). The number of rotatable bonds is 10. The van der Waals surface area contributed by atoms with Crippen molar-refractivity contribution in [3.8, 4) is 11.4 Å². The maximum Gasteiger partial charge on any atom is 0.259 e. The highest BCUT2D eigenvalue weighted by Crippen LogP contribution is 2.26. The predicted octanol–water partition coefficient (Wildman–Crippen LogP) is 5.42. The van der Waals surface area contributed by atoms with Gasteiger partial charge in [0.25, 0.3) is 5.91 Å². The molecule has 34 heavy (non-hydrogen) atoms. The van der Waals surface area contributed by atoms with E-state index in [4.69, 9.17) is 16.3 Å². The van der Waals surface area contributed by atoms with Gasteiger partial charge in [-0.05, 0) is 69.5 Å². The highest BCUT2D eigenvalue weighted by molar-refractivity contribution is 6.32. The fourth-order valence-corrected chi connectivity index (χ4v) is 3.79. The third-order valence-electron chi connectivity index (χ3n) is 5.54. The third-order valence-corrected chi connectivity index (χ3v) is 6.13. The summed E-state index contributed by atoms with van der Waals surface area (Å²) < 4.78 is 7.39. The van der Waals surface area contributed by atoms with Crippen molar-refractivity contribution in [2.45, 2.75) is 40.5 Å². The van der Waals surface area contributed by atoms with Crippen molar-refractivity contribution in [2.75, 3.05) is 25.0 Å². The second-order valence-corrected chi connectivity index (χ2v) is 8.38. The van der Waals surface area contributed by atoms with Gasteiger partial charge in [0, 0.05) is 24.5 Å². The summed E-state index contributed by atoms with van der Waals surface area (Å²) in [4.78, 5) is 27.5. The number of benzene rings is 2. The van der Waals surface area contributed by atoms with Gasteiger partial charge in [-0.15, -0.1) is 0 Å². The van der Waals surface area contributed by atoms with E-state index in [0.717, 1.165) is 27.6 Å². The zero-order chi connectivity index (χ0) is 24.7. The number of carbonyl (C=O) groups is 2. The van der Waals surface area contributed by atoms with E-state index in [0.29, 0.717) is 37.5 Å². The van der Waals surface area contributed by atoms with E-state index in [1.54, 1.807) is 9.58 Å². The molecule has 1 aromatic heterocycles. The molecule has 0 aliphatic carbocycles. The van der Waals surface area contributed by atoms with Gasteiger partial charge >= 0.3 is 0 Å². The van der Waals surface area contributed by atoms with Crippen LogP contribution < -0.4 is 10.1 Å². The predicted molar refractivity (Wildman–Crippen MR) is 135 cm³/mol. The summed E-state index contributed by atoms with van der Waals surface area (Å²) in [5.74, 6) is 0.727. The van der Waals surface area contributed by atoms with Crippen LogP contribution >= 0.6 is 11.6 Å². The molecular weight excluding hydrogens is 452 g/mol. The van der Waals surface area contributed by atoms with Crippen LogP contribution in [-0.4, -0.2) is 46.2 Å². The third kappa shape index (κ3) is 5.97. The lowest BCUT2D eigenvalue weighted by atomic mass is 10.1. The zero-order valence-corrected chi connectivity index (χ0v) is 20.9. The van der Waals surface area contributed by atoms with Gasteiger partial charge in [0.15, 0.2) is 0 Å². The van der Waals surface area contributed by atoms with Crippen LogP contribution in [0.1, 0.15) is 48.2 Å². The van der Waals surface area contributed by atoms with Gasteiger partial charge in [0.2, 0.25) is 5.91 Å². The highest BCUT2D eigenvalue weighted by Gasteiger charge is 2.23. The fraction of sp³-hybridized carbons (Fsp3) is 0.346. The van der Waals surface area contributed by atoms with E-state index < -0.39 is 0 Å². The van der Waals surface area contributed by atoms with Crippen molar-refractivity contribution in [3.05, 3.63) is 70.4 Å². The van der Waals surface area contributed by atoms with E-state index >= 15 is 0 Å². The van der Waals surface area contributed by atoms with Crippen LogP contribution in [0.15, 0.2) is 48.7 Å². The van der Waals surface area contributed by atoms with Gasteiger partial charge in [-0.25, -0.2) is 4.68 Å². The Balaban J connectivity index is 1.70. The first-order valence-corrected chi connectivity index (χ1v) is 11.9. The van der Waals surface area contributed by atoms with Gasteiger partial charge in [-0.2, -0.15) is 5.10 Å². The van der Waals surface area contributed by atoms with Crippen LogP contribution in [0.25, 0.3) is 5.69 Å². The molecule has 0 unspecified atom stereocenters. The SMILES string of the molecule is CCN(CC)C(=O)c1cnn(-c2ccccc2)c1NC(=O)CCCOc1cc(C)c(Cl)c(C)c1. The largest absolute Gasteiger partial charge is 0.494 e. The normalized spacial score (nSPS) is 10.7. The Hall–Kier alpha value is -3.32. The molecule has 7 nitrogen and oxygen atoms in total. The summed E-state index contributed by atoms with van der Waals surface area (Å²) in [6.45, 7) is 9.23. The summed E-state index contributed by atoms with van der Waals surface area (Å²) >= 11 is 6.21. The molecule has 0 radical (unpaired) electrons. The summed E-state index contributed by atoms with van der Waals surface area (Å²) in [6, 6.07) is 13.2. The number of carbonyl (C=O) groups excluding carboxylic acids is 2. The molecule has 180 valence electrons. The number of halogens is 1. The Bertz CT molecular complexity index is 1120. The Morgan fingerprint density at radius 2 is 1.74 bits per heavy atom. The first-order valence-electron chi connectivity index (χ1n) is 11.5. The molecular formula is C26H31ClN4O3. The molecule has 8 heteroatoms. The van der Waals surface area contributed by atoms with Gasteiger partial charge < -0.3 is 15.0 Å². The van der Waals surface area contributed by atoms with Crippen LogP contribution in [0.2, 0.25) is 5.02 Å². The van der Waals surface area contributed by atoms with Crippen molar-refractivity contribution >= 4 is 29.2 Å². The molecule has 0 fully saturated rings. The quantitative estimate of drug-likeness (QED) is 0.391. The maximum absolute atomic E-state index is 13.0. The van der Waals surface area contributed by atoms with Crippen molar-refractivity contribution in [2.24, 2.45) is 0 Å². The molecule has 3 aromatic rings. The molecule has 0 saturated heterocycles. The van der Waals surface area contributed by atoms with E-state index in [2.05, 4.69) is 10.4 Å². The molecule has 1 heterocycles. The standard InChI is InChI=1S/C26H31ClN4O3/c1-5-30(6-2)26(33)22-17-28-31(20-11-8-7-9-12-20)25(22)29-23(32)13-10-14-34-21-15-18(3)24(27)19(4)16-21/h7-9,11-12,15-17H,5-6,10,13-14H2,1-4H3,(H,29,32). The Kier molecular flexibility index (Phi) is 8.71. The molecule has 1 N–H and O–H groups in total. The Morgan fingerprint density at radius 1 is 1.09 bits per heavy atom. The average molecular weight is 483 g/mol. The number of para-hydroxylation sites is 1. The number of hydrogen-bond acceptors (Lipinski definition) is 4. The van der Waals surface area contributed by atoms with Gasteiger partial charge in [-0.1, -0.05) is 29.8 Å². The van der Waals surface area contributed by atoms with Crippen LogP contribution in [0, 0.1) is 13.8 Å². The van der Waals surface area contributed by atoms with Crippen molar-refractivity contribution in [1.82, 2.24) is 14.7 Å².